The molecule has 1 rings (SSSR count). The lowest BCUT2D eigenvalue weighted by Gasteiger charge is -2.07. The highest BCUT2D eigenvalue weighted by Gasteiger charge is 2.13. The van der Waals surface area contributed by atoms with E-state index in [9.17, 15) is 8.42 Å². The molecule has 0 aliphatic rings. The average molecular weight is 220 g/mol. The Labute approximate surface area is 82.1 Å². The number of hydrogen-bond donors (Lipinski definition) is 1. The first-order chi connectivity index (χ1) is 5.88. The van der Waals surface area contributed by atoms with Gasteiger partial charge >= 0.3 is 0 Å². The summed E-state index contributed by atoms with van der Waals surface area (Å²) in [7, 11) is -3.15. The zero-order valence-corrected chi connectivity index (χ0v) is 9.37. The van der Waals surface area contributed by atoms with Crippen LogP contribution in [0.1, 0.15) is 22.9 Å². The Bertz CT molecular complexity index is 383. The lowest BCUT2D eigenvalue weighted by Crippen LogP contribution is -2.25. The molecule has 0 amide bonds. The molecule has 0 fully saturated rings. The lowest BCUT2D eigenvalue weighted by molar-refractivity contribution is 0.572. The van der Waals surface area contributed by atoms with Gasteiger partial charge < -0.3 is 0 Å². The van der Waals surface area contributed by atoms with Crippen LogP contribution in [0.3, 0.4) is 0 Å². The normalized spacial score (nSPS) is 14.4. The van der Waals surface area contributed by atoms with E-state index < -0.39 is 10.0 Å². The molecule has 0 aromatic carbocycles. The van der Waals surface area contributed by atoms with E-state index in [1.54, 1.807) is 13.1 Å². The van der Waals surface area contributed by atoms with Crippen LogP contribution in [0, 0.1) is 6.92 Å². The van der Waals surface area contributed by atoms with Crippen molar-refractivity contribution in [3.8, 4) is 0 Å². The number of rotatable bonds is 3. The maximum absolute atomic E-state index is 10.9. The molecule has 0 spiro atoms. The molecule has 0 aliphatic heterocycles. The number of aryl methyl sites for hydroxylation is 1. The molecule has 0 bridgehead atoms. The van der Waals surface area contributed by atoms with Gasteiger partial charge in [0.15, 0.2) is 0 Å². The van der Waals surface area contributed by atoms with Gasteiger partial charge in [-0.3, -0.25) is 0 Å². The molecular weight excluding hydrogens is 208 g/mol. The summed E-state index contributed by atoms with van der Waals surface area (Å²) < 4.78 is 24.2. The largest absolute Gasteiger partial charge is 0.248 e. The monoisotopic (exact) mass is 220 g/mol. The number of hydrogen-bond acceptors (Lipinski definition) is 4. The lowest BCUT2D eigenvalue weighted by atomic mass is 10.4. The van der Waals surface area contributed by atoms with Crippen molar-refractivity contribution in [2.24, 2.45) is 0 Å². The minimum atomic E-state index is -3.15. The molecule has 1 N–H and O–H groups in total. The molecule has 1 aromatic heterocycles. The van der Waals surface area contributed by atoms with Crippen molar-refractivity contribution in [2.75, 3.05) is 6.26 Å². The maximum Gasteiger partial charge on any atom is 0.209 e. The van der Waals surface area contributed by atoms with E-state index in [-0.39, 0.29) is 6.04 Å². The number of sulfonamides is 1. The van der Waals surface area contributed by atoms with Crippen molar-refractivity contribution in [3.63, 3.8) is 0 Å². The number of aromatic nitrogens is 1. The quantitative estimate of drug-likeness (QED) is 0.828. The Morgan fingerprint density at radius 3 is 2.62 bits per heavy atom. The van der Waals surface area contributed by atoms with Crippen LogP contribution in [0.2, 0.25) is 0 Å². The second kappa shape index (κ2) is 3.73. The molecule has 1 atom stereocenters. The predicted octanol–water partition coefficient (Wildman–Crippen LogP) is 1.06. The van der Waals surface area contributed by atoms with Gasteiger partial charge in [0.25, 0.3) is 0 Å². The van der Waals surface area contributed by atoms with Gasteiger partial charge in [0, 0.05) is 11.1 Å². The molecule has 4 nitrogen and oxygen atoms in total. The van der Waals surface area contributed by atoms with Crippen molar-refractivity contribution < 1.29 is 8.42 Å². The second-order valence-corrected chi connectivity index (χ2v) is 5.97. The van der Waals surface area contributed by atoms with Crippen LogP contribution in [0.5, 0.6) is 0 Å². The Balaban J connectivity index is 2.75. The van der Waals surface area contributed by atoms with E-state index in [4.69, 9.17) is 0 Å². The topological polar surface area (TPSA) is 59.1 Å². The molecule has 0 saturated heterocycles. The molecule has 74 valence electrons. The van der Waals surface area contributed by atoms with E-state index in [2.05, 4.69) is 9.71 Å². The average Bonchev–Trinajstić information content (AvgIpc) is 2.31. The fourth-order valence-electron chi connectivity index (χ4n) is 0.944. The summed E-state index contributed by atoms with van der Waals surface area (Å²) in [6.45, 7) is 3.72. The summed E-state index contributed by atoms with van der Waals surface area (Å²) in [5, 5.41) is 0.794. The number of nitrogens with zero attached hydrogens (tertiary/aromatic N) is 1. The van der Waals surface area contributed by atoms with Crippen molar-refractivity contribution in [2.45, 2.75) is 19.9 Å². The SMILES string of the molecule is Cc1cnc(C(C)NS(C)(=O)=O)s1. The van der Waals surface area contributed by atoms with E-state index >= 15 is 0 Å². The third-order valence-corrected chi connectivity index (χ3v) is 3.28. The molecule has 1 aromatic rings. The minimum absolute atomic E-state index is 0.242. The van der Waals surface area contributed by atoms with Crippen molar-refractivity contribution in [1.82, 2.24) is 9.71 Å². The first-order valence-corrected chi connectivity index (χ1v) is 6.49. The van der Waals surface area contributed by atoms with Crippen LogP contribution in [-0.2, 0) is 10.0 Å². The smallest absolute Gasteiger partial charge is 0.209 e. The van der Waals surface area contributed by atoms with Crippen molar-refractivity contribution in [3.05, 3.63) is 16.1 Å². The van der Waals surface area contributed by atoms with E-state index in [1.807, 2.05) is 6.92 Å². The van der Waals surface area contributed by atoms with Crippen LogP contribution in [0.25, 0.3) is 0 Å². The van der Waals surface area contributed by atoms with Crippen LogP contribution in [-0.4, -0.2) is 19.7 Å². The summed E-state index contributed by atoms with van der Waals surface area (Å²) in [5.41, 5.74) is 0. The van der Waals surface area contributed by atoms with Gasteiger partial charge in [-0.25, -0.2) is 18.1 Å². The second-order valence-electron chi connectivity index (χ2n) is 2.92. The molecule has 1 heterocycles. The summed E-state index contributed by atoms with van der Waals surface area (Å²) in [4.78, 5) is 5.17. The van der Waals surface area contributed by atoms with Crippen LogP contribution in [0.4, 0.5) is 0 Å². The van der Waals surface area contributed by atoms with Gasteiger partial charge in [0.1, 0.15) is 5.01 Å². The summed E-state index contributed by atoms with van der Waals surface area (Å²) >= 11 is 1.50. The number of nitrogens with one attached hydrogen (secondary N) is 1. The molecule has 6 heteroatoms. The van der Waals surface area contributed by atoms with Crippen molar-refractivity contribution in [1.29, 1.82) is 0 Å². The molecule has 13 heavy (non-hydrogen) atoms. The third-order valence-electron chi connectivity index (χ3n) is 1.40. The van der Waals surface area contributed by atoms with Gasteiger partial charge in [-0.2, -0.15) is 0 Å². The fraction of sp³-hybridized carbons (Fsp3) is 0.571. The van der Waals surface area contributed by atoms with E-state index in [1.165, 1.54) is 11.3 Å². The first kappa shape index (κ1) is 10.6. The first-order valence-electron chi connectivity index (χ1n) is 3.78. The van der Waals surface area contributed by atoms with Crippen LogP contribution >= 0.6 is 11.3 Å². The fourth-order valence-corrected chi connectivity index (χ4v) is 2.55. The maximum atomic E-state index is 10.9. The highest BCUT2D eigenvalue weighted by atomic mass is 32.2. The van der Waals surface area contributed by atoms with Gasteiger partial charge in [0.05, 0.1) is 12.3 Å². The zero-order chi connectivity index (χ0) is 10.1. The standard InChI is InChI=1S/C7H12N2O2S2/c1-5-4-8-7(12-5)6(2)9-13(3,10)11/h4,6,9H,1-3H3. The third kappa shape index (κ3) is 3.41. The number of thiazole rings is 1. The van der Waals surface area contributed by atoms with Crippen molar-refractivity contribution >= 4 is 21.4 Å². The minimum Gasteiger partial charge on any atom is -0.248 e. The Morgan fingerprint density at radius 2 is 2.23 bits per heavy atom. The summed E-state index contributed by atoms with van der Waals surface area (Å²) in [6, 6.07) is -0.242. The molecule has 0 aliphatic carbocycles. The Hall–Kier alpha value is -0.460. The highest BCUT2D eigenvalue weighted by Crippen LogP contribution is 2.19. The Kier molecular flexibility index (Phi) is 3.05. The predicted molar refractivity (Wildman–Crippen MR) is 53.2 cm³/mol. The summed E-state index contributed by atoms with van der Waals surface area (Å²) in [5.74, 6) is 0. The van der Waals surface area contributed by atoms with Crippen LogP contribution < -0.4 is 4.72 Å². The van der Waals surface area contributed by atoms with Gasteiger partial charge in [-0.15, -0.1) is 11.3 Å². The van der Waals surface area contributed by atoms with E-state index in [0.717, 1.165) is 16.1 Å². The van der Waals surface area contributed by atoms with Crippen LogP contribution in [0.15, 0.2) is 6.20 Å². The zero-order valence-electron chi connectivity index (χ0n) is 7.73. The molecular formula is C7H12N2O2S2. The highest BCUT2D eigenvalue weighted by molar-refractivity contribution is 7.88. The summed E-state index contributed by atoms with van der Waals surface area (Å²) in [6.07, 6.45) is 2.88. The Morgan fingerprint density at radius 1 is 1.62 bits per heavy atom. The molecule has 1 unspecified atom stereocenters. The molecule has 0 radical (unpaired) electrons. The van der Waals surface area contributed by atoms with E-state index in [0.29, 0.717) is 0 Å². The van der Waals surface area contributed by atoms with Gasteiger partial charge in [0.2, 0.25) is 10.0 Å². The van der Waals surface area contributed by atoms with Gasteiger partial charge in [-0.1, -0.05) is 0 Å². The molecule has 0 saturated carbocycles. The van der Waals surface area contributed by atoms with Gasteiger partial charge in [-0.05, 0) is 13.8 Å².